The van der Waals surface area contributed by atoms with Crippen LogP contribution in [0.25, 0.3) is 0 Å². The van der Waals surface area contributed by atoms with Crippen LogP contribution in [-0.4, -0.2) is 54.9 Å². The van der Waals surface area contributed by atoms with Crippen molar-refractivity contribution in [3.63, 3.8) is 0 Å². The third-order valence-corrected chi connectivity index (χ3v) is 8.35. The zero-order chi connectivity index (χ0) is 31.0. The molecule has 0 heterocycles. The summed E-state index contributed by atoms with van der Waals surface area (Å²) >= 11 is 0. The number of nitrogens with zero attached hydrogens (tertiary/aromatic N) is 3. The second kappa shape index (κ2) is 14.1. The number of non-ortho nitro benzene ring substituents is 1. The number of hydrogen-bond donors (Lipinski definition) is 1. The van der Waals surface area contributed by atoms with Crippen LogP contribution in [0.1, 0.15) is 42.5 Å². The zero-order valence-electron chi connectivity index (χ0n) is 24.6. The van der Waals surface area contributed by atoms with Gasteiger partial charge >= 0.3 is 0 Å². The summed E-state index contributed by atoms with van der Waals surface area (Å²) in [4.78, 5) is 40.2. The maximum atomic E-state index is 14.2. The Morgan fingerprint density at radius 2 is 1.62 bits per heavy atom. The average Bonchev–Trinajstić information content (AvgIpc) is 2.94. The predicted octanol–water partition coefficient (Wildman–Crippen LogP) is 4.53. The highest BCUT2D eigenvalue weighted by Gasteiger charge is 2.34. The van der Waals surface area contributed by atoms with Gasteiger partial charge in [0, 0.05) is 31.1 Å². The summed E-state index contributed by atoms with van der Waals surface area (Å²) < 4.78 is 26.9. The van der Waals surface area contributed by atoms with Crippen molar-refractivity contribution >= 4 is 33.2 Å². The minimum absolute atomic E-state index is 0.0274. The van der Waals surface area contributed by atoms with E-state index in [2.05, 4.69) is 5.32 Å². The molecular formula is C31H38N4O6S. The Morgan fingerprint density at radius 1 is 0.976 bits per heavy atom. The molecular weight excluding hydrogens is 556 g/mol. The van der Waals surface area contributed by atoms with E-state index < -0.39 is 33.4 Å². The van der Waals surface area contributed by atoms with Gasteiger partial charge in [0.2, 0.25) is 21.8 Å². The summed E-state index contributed by atoms with van der Waals surface area (Å²) in [5.74, 6) is -0.970. The number of sulfonamides is 1. The van der Waals surface area contributed by atoms with Crippen molar-refractivity contribution in [1.29, 1.82) is 0 Å². The van der Waals surface area contributed by atoms with Gasteiger partial charge in [-0.05, 0) is 49.4 Å². The number of carbonyl (C=O) groups excluding carboxylic acids is 2. The Morgan fingerprint density at radius 3 is 2.21 bits per heavy atom. The van der Waals surface area contributed by atoms with Crippen molar-refractivity contribution in [3.05, 3.63) is 105 Å². The summed E-state index contributed by atoms with van der Waals surface area (Å²) in [6, 6.07) is 19.5. The first-order valence-electron chi connectivity index (χ1n) is 13.7. The van der Waals surface area contributed by atoms with Crippen LogP contribution in [0.15, 0.2) is 72.8 Å². The van der Waals surface area contributed by atoms with Gasteiger partial charge in [0.15, 0.2) is 0 Å². The van der Waals surface area contributed by atoms with Gasteiger partial charge in [-0.15, -0.1) is 0 Å². The topological polar surface area (TPSA) is 130 Å². The highest BCUT2D eigenvalue weighted by molar-refractivity contribution is 7.92. The first kappa shape index (κ1) is 32.3. The molecule has 11 heteroatoms. The molecule has 2 amide bonds. The molecule has 3 aromatic carbocycles. The van der Waals surface area contributed by atoms with E-state index >= 15 is 0 Å². The van der Waals surface area contributed by atoms with Crippen LogP contribution in [0.4, 0.5) is 11.4 Å². The number of nitrogens with one attached hydrogen (secondary N) is 1. The molecule has 42 heavy (non-hydrogen) atoms. The van der Waals surface area contributed by atoms with E-state index in [1.54, 1.807) is 6.92 Å². The molecule has 0 saturated heterocycles. The second-order valence-electron chi connectivity index (χ2n) is 10.5. The van der Waals surface area contributed by atoms with Crippen LogP contribution in [0, 0.1) is 24.0 Å². The fourth-order valence-electron chi connectivity index (χ4n) is 4.54. The lowest BCUT2D eigenvalue weighted by molar-refractivity contribution is -0.384. The van der Waals surface area contributed by atoms with Crippen LogP contribution in [-0.2, 0) is 32.6 Å². The Bertz CT molecular complexity index is 1530. The summed E-state index contributed by atoms with van der Waals surface area (Å²) in [5.41, 5.74) is 2.71. The average molecular weight is 595 g/mol. The number of aryl methyl sites for hydroxylation is 2. The smallest absolute Gasteiger partial charge is 0.271 e. The minimum Gasteiger partial charge on any atom is -0.352 e. The Kier molecular flexibility index (Phi) is 10.8. The Labute approximate surface area is 247 Å². The lowest BCUT2D eigenvalue weighted by Gasteiger charge is -2.34. The number of amides is 2. The SMILES string of the molecule is CC[C@@H](C)NC(=O)[C@H](Cc1ccccc1)N(Cc1ccccc1C)C(=O)CN(c1cc([N+](=O)[O-])ccc1C)S(C)(=O)=O. The van der Waals surface area contributed by atoms with E-state index in [9.17, 15) is 28.1 Å². The van der Waals surface area contributed by atoms with Crippen LogP contribution >= 0.6 is 0 Å². The third-order valence-electron chi connectivity index (χ3n) is 7.23. The van der Waals surface area contributed by atoms with E-state index in [-0.39, 0.29) is 36.3 Å². The standard InChI is InChI=1S/C31H38N4O6S/c1-6-24(4)32-31(37)29(18-25-13-8-7-9-14-25)33(20-26-15-11-10-12-22(26)2)30(36)21-34(42(5,40)41)28-19-27(35(38)39)17-16-23(28)3/h7-17,19,24,29H,6,18,20-21H2,1-5H3,(H,32,37)/t24-,29+/m1/s1. The van der Waals surface area contributed by atoms with Crippen LogP contribution in [0.3, 0.4) is 0 Å². The number of carbonyl (C=O) groups is 2. The quantitative estimate of drug-likeness (QED) is 0.229. The van der Waals surface area contributed by atoms with Gasteiger partial charge in [-0.2, -0.15) is 0 Å². The van der Waals surface area contributed by atoms with Gasteiger partial charge in [-0.3, -0.25) is 24.0 Å². The summed E-state index contributed by atoms with van der Waals surface area (Å²) in [6.07, 6.45) is 1.83. The molecule has 0 radical (unpaired) electrons. The van der Waals surface area contributed by atoms with E-state index in [1.165, 1.54) is 17.0 Å². The molecule has 3 aromatic rings. The highest BCUT2D eigenvalue weighted by Crippen LogP contribution is 2.28. The van der Waals surface area contributed by atoms with Crippen molar-refractivity contribution in [3.8, 4) is 0 Å². The molecule has 0 spiro atoms. The molecule has 0 aromatic heterocycles. The van der Waals surface area contributed by atoms with E-state index in [0.717, 1.165) is 33.3 Å². The molecule has 1 N–H and O–H groups in total. The van der Waals surface area contributed by atoms with E-state index in [0.29, 0.717) is 12.0 Å². The van der Waals surface area contributed by atoms with Gasteiger partial charge in [0.05, 0.1) is 16.9 Å². The highest BCUT2D eigenvalue weighted by atomic mass is 32.2. The first-order valence-corrected chi connectivity index (χ1v) is 15.6. The summed E-state index contributed by atoms with van der Waals surface area (Å²) in [7, 11) is -4.06. The molecule has 0 aliphatic heterocycles. The van der Waals surface area contributed by atoms with Gasteiger partial charge in [-0.25, -0.2) is 8.42 Å². The van der Waals surface area contributed by atoms with Crippen molar-refractivity contribution in [1.82, 2.24) is 10.2 Å². The maximum absolute atomic E-state index is 14.2. The van der Waals surface area contributed by atoms with E-state index in [4.69, 9.17) is 0 Å². The zero-order valence-corrected chi connectivity index (χ0v) is 25.4. The number of anilines is 1. The number of rotatable bonds is 13. The number of benzene rings is 3. The van der Waals surface area contributed by atoms with Gasteiger partial charge in [-0.1, -0.05) is 67.6 Å². The van der Waals surface area contributed by atoms with Crippen molar-refractivity contribution in [2.75, 3.05) is 17.1 Å². The number of nitro benzene ring substituents is 1. The number of nitro groups is 1. The molecule has 0 aliphatic carbocycles. The Hall–Kier alpha value is -4.25. The summed E-state index contributed by atoms with van der Waals surface area (Å²) in [5, 5.41) is 14.5. The second-order valence-corrected chi connectivity index (χ2v) is 12.4. The largest absolute Gasteiger partial charge is 0.352 e. The lowest BCUT2D eigenvalue weighted by atomic mass is 10.0. The molecule has 3 rings (SSSR count). The molecule has 0 fully saturated rings. The van der Waals surface area contributed by atoms with Gasteiger partial charge < -0.3 is 10.2 Å². The van der Waals surface area contributed by atoms with Crippen LogP contribution in [0.5, 0.6) is 0 Å². The van der Waals surface area contributed by atoms with Gasteiger partial charge in [0.25, 0.3) is 5.69 Å². The maximum Gasteiger partial charge on any atom is 0.271 e. The number of hydrogen-bond acceptors (Lipinski definition) is 6. The van der Waals surface area contributed by atoms with E-state index in [1.807, 2.05) is 75.4 Å². The summed E-state index contributed by atoms with van der Waals surface area (Å²) in [6.45, 7) is 6.75. The van der Waals surface area contributed by atoms with Crippen LogP contribution < -0.4 is 9.62 Å². The first-order chi connectivity index (χ1) is 19.8. The Balaban J connectivity index is 2.12. The molecule has 10 nitrogen and oxygen atoms in total. The monoisotopic (exact) mass is 594 g/mol. The molecule has 0 aliphatic rings. The predicted molar refractivity (Wildman–Crippen MR) is 164 cm³/mol. The third kappa shape index (κ3) is 8.39. The van der Waals surface area contributed by atoms with Crippen molar-refractivity contribution in [2.45, 2.75) is 59.2 Å². The fourth-order valence-corrected chi connectivity index (χ4v) is 5.44. The molecule has 0 saturated carbocycles. The molecule has 0 unspecified atom stereocenters. The van der Waals surface area contributed by atoms with Crippen molar-refractivity contribution in [2.24, 2.45) is 0 Å². The fraction of sp³-hybridized carbons (Fsp3) is 0.355. The molecule has 0 bridgehead atoms. The van der Waals surface area contributed by atoms with Crippen LogP contribution in [0.2, 0.25) is 0 Å². The normalized spacial score (nSPS) is 12.7. The van der Waals surface area contributed by atoms with Crippen molar-refractivity contribution < 1.29 is 22.9 Å². The minimum atomic E-state index is -4.06. The molecule has 2 atom stereocenters. The lowest BCUT2D eigenvalue weighted by Crippen LogP contribution is -2.54. The van der Waals surface area contributed by atoms with Gasteiger partial charge in [0.1, 0.15) is 12.6 Å². The molecule has 224 valence electrons.